The number of hydrogen-bond acceptors (Lipinski definition) is 8. The van der Waals surface area contributed by atoms with Crippen molar-refractivity contribution in [3.63, 3.8) is 0 Å². The van der Waals surface area contributed by atoms with Crippen LogP contribution in [-0.4, -0.2) is 38.6 Å². The molecular weight excluding hydrogens is 452 g/mol. The van der Waals surface area contributed by atoms with Gasteiger partial charge in [0.25, 0.3) is 5.78 Å². The van der Waals surface area contributed by atoms with Crippen molar-refractivity contribution >= 4 is 33.9 Å². The van der Waals surface area contributed by atoms with Crippen molar-refractivity contribution in [3.05, 3.63) is 70.5 Å². The Hall–Kier alpha value is -3.59. The number of carbonyl (C=O) groups excluding carboxylic acids is 2. The van der Waals surface area contributed by atoms with Gasteiger partial charge in [-0.25, -0.2) is 0 Å². The average Bonchev–Trinajstić information content (AvgIpc) is 3.40. The van der Waals surface area contributed by atoms with Gasteiger partial charge in [0, 0.05) is 18.0 Å². The first-order chi connectivity index (χ1) is 16.5. The zero-order chi connectivity index (χ0) is 24.1. The highest BCUT2D eigenvalue weighted by molar-refractivity contribution is 7.15. The molecule has 0 spiro atoms. The van der Waals surface area contributed by atoms with Crippen LogP contribution >= 0.6 is 11.3 Å². The van der Waals surface area contributed by atoms with E-state index in [0.29, 0.717) is 33.6 Å². The second-order valence-corrected chi connectivity index (χ2v) is 9.15. The van der Waals surface area contributed by atoms with Gasteiger partial charge in [0.15, 0.2) is 0 Å². The first-order valence-electron chi connectivity index (χ1n) is 11.3. The van der Waals surface area contributed by atoms with Crippen LogP contribution in [0.2, 0.25) is 0 Å². The number of aliphatic hydroxyl groups excluding tert-OH is 1. The number of unbranched alkanes of at least 4 members (excludes halogenated alkanes) is 3. The maximum absolute atomic E-state index is 13.1. The van der Waals surface area contributed by atoms with Gasteiger partial charge < -0.3 is 9.84 Å². The number of pyridine rings is 1. The average molecular weight is 479 g/mol. The van der Waals surface area contributed by atoms with E-state index in [1.165, 1.54) is 41.5 Å². The maximum Gasteiger partial charge on any atom is 0.301 e. The molecule has 1 saturated heterocycles. The van der Waals surface area contributed by atoms with Gasteiger partial charge in [-0.1, -0.05) is 49.7 Å². The van der Waals surface area contributed by atoms with E-state index in [-0.39, 0.29) is 11.3 Å². The lowest BCUT2D eigenvalue weighted by atomic mass is 9.95. The third-order valence-electron chi connectivity index (χ3n) is 5.58. The zero-order valence-corrected chi connectivity index (χ0v) is 19.9. The standard InChI is InChI=1S/C25H26N4O4S/c1-3-4-5-6-15-33-19-9-7-17(8-10-19)21-20(22(30)18-11-13-26-14-12-18)23(31)24(32)29(21)25-28-27-16(2)34-25/h7-14,21,30H,3-6,15H2,1-2H3/b22-20+. The number of amides is 1. The number of Topliss-reactive ketones (excluding diaryl/α,β-unsaturated/α-hetero) is 1. The summed E-state index contributed by atoms with van der Waals surface area (Å²) in [7, 11) is 0. The number of ketones is 1. The second-order valence-electron chi connectivity index (χ2n) is 7.99. The Morgan fingerprint density at radius 3 is 2.44 bits per heavy atom. The number of hydrogen-bond donors (Lipinski definition) is 1. The van der Waals surface area contributed by atoms with Gasteiger partial charge in [0.05, 0.1) is 18.2 Å². The molecule has 0 radical (unpaired) electrons. The van der Waals surface area contributed by atoms with Crippen LogP contribution in [0.1, 0.15) is 54.8 Å². The minimum absolute atomic E-state index is 0.00251. The third-order valence-corrected chi connectivity index (χ3v) is 6.42. The molecular formula is C25H26N4O4S. The Labute approximate surface area is 201 Å². The molecule has 1 amide bonds. The zero-order valence-electron chi connectivity index (χ0n) is 19.1. The molecule has 1 atom stereocenters. The van der Waals surface area contributed by atoms with E-state index in [2.05, 4.69) is 22.1 Å². The Morgan fingerprint density at radius 1 is 1.06 bits per heavy atom. The fraction of sp³-hybridized carbons (Fsp3) is 0.320. The highest BCUT2D eigenvalue weighted by Gasteiger charge is 2.48. The number of rotatable bonds is 9. The monoisotopic (exact) mass is 478 g/mol. The van der Waals surface area contributed by atoms with Gasteiger partial charge in [0.1, 0.15) is 16.5 Å². The van der Waals surface area contributed by atoms with E-state index < -0.39 is 17.7 Å². The molecule has 1 fully saturated rings. The highest BCUT2D eigenvalue weighted by Crippen LogP contribution is 2.43. The first kappa shape index (κ1) is 23.6. The summed E-state index contributed by atoms with van der Waals surface area (Å²) in [5.74, 6) is -1.08. The number of carbonyl (C=O) groups is 2. The molecule has 9 heteroatoms. The van der Waals surface area contributed by atoms with Crippen LogP contribution in [0.4, 0.5) is 5.13 Å². The molecule has 1 N–H and O–H groups in total. The van der Waals surface area contributed by atoms with Crippen molar-refractivity contribution in [1.82, 2.24) is 15.2 Å². The predicted molar refractivity (Wildman–Crippen MR) is 130 cm³/mol. The lowest BCUT2D eigenvalue weighted by molar-refractivity contribution is -0.132. The highest BCUT2D eigenvalue weighted by atomic mass is 32.1. The number of aromatic nitrogens is 3. The van der Waals surface area contributed by atoms with Gasteiger partial charge in [-0.2, -0.15) is 0 Å². The van der Waals surface area contributed by atoms with Crippen LogP contribution in [-0.2, 0) is 9.59 Å². The van der Waals surface area contributed by atoms with Crippen molar-refractivity contribution in [3.8, 4) is 5.75 Å². The largest absolute Gasteiger partial charge is 0.507 e. The normalized spacial score (nSPS) is 17.4. The van der Waals surface area contributed by atoms with Crippen LogP contribution in [0, 0.1) is 6.92 Å². The van der Waals surface area contributed by atoms with Crippen molar-refractivity contribution in [1.29, 1.82) is 0 Å². The Balaban J connectivity index is 1.70. The number of nitrogens with zero attached hydrogens (tertiary/aromatic N) is 4. The minimum Gasteiger partial charge on any atom is -0.507 e. The molecule has 176 valence electrons. The molecule has 1 aliphatic heterocycles. The quantitative estimate of drug-likeness (QED) is 0.203. The summed E-state index contributed by atoms with van der Waals surface area (Å²) in [4.78, 5) is 31.4. The summed E-state index contributed by atoms with van der Waals surface area (Å²) in [6, 6.07) is 9.56. The maximum atomic E-state index is 13.1. The topological polar surface area (TPSA) is 106 Å². The Kier molecular flexibility index (Phi) is 7.32. The van der Waals surface area contributed by atoms with Gasteiger partial charge >= 0.3 is 5.91 Å². The molecule has 4 rings (SSSR count). The lowest BCUT2D eigenvalue weighted by Crippen LogP contribution is -2.29. The van der Waals surface area contributed by atoms with Crippen molar-refractivity contribution in [2.24, 2.45) is 0 Å². The summed E-state index contributed by atoms with van der Waals surface area (Å²) in [6.45, 7) is 4.57. The molecule has 0 bridgehead atoms. The smallest absolute Gasteiger partial charge is 0.301 e. The first-order valence-corrected chi connectivity index (χ1v) is 12.1. The fourth-order valence-corrected chi connectivity index (χ4v) is 4.57. The van der Waals surface area contributed by atoms with E-state index in [4.69, 9.17) is 4.74 Å². The van der Waals surface area contributed by atoms with Gasteiger partial charge in [0.2, 0.25) is 5.13 Å². The van der Waals surface area contributed by atoms with Crippen LogP contribution in [0.25, 0.3) is 5.76 Å². The molecule has 0 saturated carbocycles. The van der Waals surface area contributed by atoms with Crippen molar-refractivity contribution < 1.29 is 19.4 Å². The Morgan fingerprint density at radius 2 is 1.79 bits per heavy atom. The summed E-state index contributed by atoms with van der Waals surface area (Å²) < 4.78 is 5.83. The number of benzene rings is 1. The molecule has 2 aromatic heterocycles. The van der Waals surface area contributed by atoms with Crippen LogP contribution < -0.4 is 9.64 Å². The molecule has 3 heterocycles. The second kappa shape index (κ2) is 10.6. The number of ether oxygens (including phenoxy) is 1. The fourth-order valence-electron chi connectivity index (χ4n) is 3.86. The molecule has 1 unspecified atom stereocenters. The molecule has 34 heavy (non-hydrogen) atoms. The summed E-state index contributed by atoms with van der Waals surface area (Å²) in [5, 5.41) is 20.1. The van der Waals surface area contributed by atoms with Gasteiger partial charge in [-0.15, -0.1) is 10.2 Å². The van der Waals surface area contributed by atoms with E-state index >= 15 is 0 Å². The predicted octanol–water partition coefficient (Wildman–Crippen LogP) is 4.83. The number of aliphatic hydroxyl groups is 1. The van der Waals surface area contributed by atoms with E-state index in [0.717, 1.165) is 12.8 Å². The summed E-state index contributed by atoms with van der Waals surface area (Å²) in [6.07, 6.45) is 7.49. The number of anilines is 1. The summed E-state index contributed by atoms with van der Waals surface area (Å²) in [5.41, 5.74) is 1.05. The molecule has 1 aliphatic rings. The van der Waals surface area contributed by atoms with Crippen LogP contribution in [0.5, 0.6) is 5.75 Å². The van der Waals surface area contributed by atoms with Crippen molar-refractivity contribution in [2.75, 3.05) is 11.5 Å². The van der Waals surface area contributed by atoms with Gasteiger partial charge in [-0.3, -0.25) is 19.5 Å². The van der Waals surface area contributed by atoms with E-state index in [1.807, 2.05) is 12.1 Å². The van der Waals surface area contributed by atoms with Crippen LogP contribution in [0.3, 0.4) is 0 Å². The Bertz CT molecular complexity index is 1190. The SMILES string of the molecule is CCCCCCOc1ccc(C2/C(=C(\O)c3ccncc3)C(=O)C(=O)N2c2nnc(C)s2)cc1. The van der Waals surface area contributed by atoms with Crippen molar-refractivity contribution in [2.45, 2.75) is 45.6 Å². The van der Waals surface area contributed by atoms with Crippen LogP contribution in [0.15, 0.2) is 54.4 Å². The summed E-state index contributed by atoms with van der Waals surface area (Å²) >= 11 is 1.21. The molecule has 1 aromatic carbocycles. The molecule has 0 aliphatic carbocycles. The molecule has 8 nitrogen and oxygen atoms in total. The van der Waals surface area contributed by atoms with E-state index in [1.54, 1.807) is 31.2 Å². The van der Waals surface area contributed by atoms with E-state index in [9.17, 15) is 14.7 Å². The molecule has 3 aromatic rings. The third kappa shape index (κ3) is 4.84. The van der Waals surface area contributed by atoms with Gasteiger partial charge in [-0.05, 0) is 43.2 Å². The minimum atomic E-state index is -0.848. The lowest BCUT2D eigenvalue weighted by Gasteiger charge is -2.22. The number of aryl methyl sites for hydroxylation is 1.